The van der Waals surface area contributed by atoms with E-state index >= 15 is 0 Å². The maximum atomic E-state index is 12.8. The third-order valence-corrected chi connectivity index (χ3v) is 4.82. The minimum Gasteiger partial charge on any atom is -0.480 e. The number of nitrogens with zero attached hydrogens (tertiary/aromatic N) is 2. The first-order chi connectivity index (χ1) is 15.6. The van der Waals surface area contributed by atoms with Crippen LogP contribution in [-0.2, 0) is 11.2 Å². The van der Waals surface area contributed by atoms with E-state index in [1.807, 2.05) is 86.6 Å². The van der Waals surface area contributed by atoms with Crippen LogP contribution in [0.5, 0.6) is 5.75 Å². The van der Waals surface area contributed by atoms with Crippen LogP contribution in [0.25, 0.3) is 22.5 Å². The van der Waals surface area contributed by atoms with Gasteiger partial charge in [0.1, 0.15) is 5.75 Å². The first-order valence-corrected chi connectivity index (χ1v) is 10.6. The molecule has 4 aromatic rings. The number of hydrogen-bond acceptors (Lipinski definition) is 5. The fraction of sp³-hybridized carbons (Fsp3) is 0.192. The molecule has 32 heavy (non-hydrogen) atoms. The number of hydrogen-bond donors (Lipinski definition) is 1. The number of amides is 1. The maximum Gasteiger partial charge on any atom is 0.261 e. The van der Waals surface area contributed by atoms with E-state index in [4.69, 9.17) is 9.26 Å². The summed E-state index contributed by atoms with van der Waals surface area (Å²) in [6.07, 6.45) is -0.636. The van der Waals surface area contributed by atoms with Gasteiger partial charge in [0.05, 0.1) is 6.42 Å². The molecule has 1 unspecified atom stereocenters. The zero-order valence-electron chi connectivity index (χ0n) is 18.1. The van der Waals surface area contributed by atoms with Crippen LogP contribution in [0.4, 0.5) is 0 Å². The maximum absolute atomic E-state index is 12.8. The van der Waals surface area contributed by atoms with Crippen molar-refractivity contribution in [1.29, 1.82) is 0 Å². The molecule has 0 fully saturated rings. The third kappa shape index (κ3) is 5.40. The van der Waals surface area contributed by atoms with Crippen molar-refractivity contribution >= 4 is 5.91 Å². The zero-order chi connectivity index (χ0) is 22.3. The molecule has 1 amide bonds. The summed E-state index contributed by atoms with van der Waals surface area (Å²) in [4.78, 5) is 17.2. The van der Waals surface area contributed by atoms with Crippen molar-refractivity contribution < 1.29 is 14.1 Å². The van der Waals surface area contributed by atoms with E-state index in [2.05, 4.69) is 27.6 Å². The molecule has 0 aliphatic rings. The van der Waals surface area contributed by atoms with E-state index in [0.29, 0.717) is 17.5 Å². The largest absolute Gasteiger partial charge is 0.480 e. The van der Waals surface area contributed by atoms with Crippen molar-refractivity contribution in [3.05, 3.63) is 90.8 Å². The Morgan fingerprint density at radius 2 is 1.47 bits per heavy atom. The Bertz CT molecular complexity index is 1140. The molecule has 1 atom stereocenters. The van der Waals surface area contributed by atoms with Crippen molar-refractivity contribution in [2.24, 2.45) is 0 Å². The average molecular weight is 428 g/mol. The summed E-state index contributed by atoms with van der Waals surface area (Å²) in [5.41, 5.74) is 3.04. The fourth-order valence-corrected chi connectivity index (χ4v) is 3.29. The molecule has 6 nitrogen and oxygen atoms in total. The molecular formula is C26H25N3O3. The second-order valence-electron chi connectivity index (χ2n) is 7.74. The molecule has 1 heterocycles. The lowest BCUT2D eigenvalue weighted by Gasteiger charge is -2.19. The SMILES string of the molecule is CC(C)NC(=O)C(Cc1nc(-c2ccccc2)no1)Oc1ccc(-c2ccccc2)cc1. The van der Waals surface area contributed by atoms with Crippen LogP contribution in [0.3, 0.4) is 0 Å². The van der Waals surface area contributed by atoms with Crippen molar-refractivity contribution in [3.8, 4) is 28.3 Å². The summed E-state index contributed by atoms with van der Waals surface area (Å²) in [7, 11) is 0. The first-order valence-electron chi connectivity index (χ1n) is 10.6. The predicted octanol–water partition coefficient (Wildman–Crippen LogP) is 4.92. The Morgan fingerprint density at radius 1 is 0.875 bits per heavy atom. The van der Waals surface area contributed by atoms with E-state index in [-0.39, 0.29) is 18.4 Å². The lowest BCUT2D eigenvalue weighted by atomic mass is 10.1. The van der Waals surface area contributed by atoms with E-state index in [1.54, 1.807) is 0 Å². The minimum atomic E-state index is -0.802. The highest BCUT2D eigenvalue weighted by molar-refractivity contribution is 5.81. The van der Waals surface area contributed by atoms with Crippen LogP contribution in [0, 0.1) is 0 Å². The molecule has 1 aromatic heterocycles. The quantitative estimate of drug-likeness (QED) is 0.432. The van der Waals surface area contributed by atoms with Gasteiger partial charge in [-0.3, -0.25) is 4.79 Å². The molecule has 0 spiro atoms. The van der Waals surface area contributed by atoms with Gasteiger partial charge in [0, 0.05) is 11.6 Å². The molecule has 6 heteroatoms. The number of rotatable bonds is 8. The third-order valence-electron chi connectivity index (χ3n) is 4.82. The van der Waals surface area contributed by atoms with Crippen LogP contribution in [-0.4, -0.2) is 28.2 Å². The Kier molecular flexibility index (Phi) is 6.60. The lowest BCUT2D eigenvalue weighted by Crippen LogP contribution is -2.43. The topological polar surface area (TPSA) is 77.3 Å². The Hall–Kier alpha value is -3.93. The van der Waals surface area contributed by atoms with Gasteiger partial charge < -0.3 is 14.6 Å². The summed E-state index contributed by atoms with van der Waals surface area (Å²) >= 11 is 0. The molecule has 4 rings (SSSR count). The number of carbonyl (C=O) groups excluding carboxylic acids is 1. The van der Waals surface area contributed by atoms with Crippen LogP contribution >= 0.6 is 0 Å². The van der Waals surface area contributed by atoms with Gasteiger partial charge in [0.2, 0.25) is 11.7 Å². The molecule has 0 aliphatic carbocycles. The molecule has 0 radical (unpaired) electrons. The number of benzene rings is 3. The molecule has 0 saturated carbocycles. The summed E-state index contributed by atoms with van der Waals surface area (Å²) in [5, 5.41) is 6.94. The predicted molar refractivity (Wildman–Crippen MR) is 123 cm³/mol. The fourth-order valence-electron chi connectivity index (χ4n) is 3.29. The van der Waals surface area contributed by atoms with Gasteiger partial charge in [0.15, 0.2) is 6.10 Å². The molecule has 162 valence electrons. The standard InChI is InChI=1S/C26H25N3O3/c1-18(2)27-26(30)23(17-24-28-25(29-32-24)21-11-7-4-8-12-21)31-22-15-13-20(14-16-22)19-9-5-3-6-10-19/h3-16,18,23H,17H2,1-2H3,(H,27,30). The summed E-state index contributed by atoms with van der Waals surface area (Å²) < 4.78 is 11.4. The van der Waals surface area contributed by atoms with Gasteiger partial charge in [-0.2, -0.15) is 4.98 Å². The van der Waals surface area contributed by atoms with Crippen molar-refractivity contribution in [2.45, 2.75) is 32.4 Å². The second kappa shape index (κ2) is 9.92. The van der Waals surface area contributed by atoms with Crippen LogP contribution in [0.2, 0.25) is 0 Å². The Balaban J connectivity index is 1.51. The van der Waals surface area contributed by atoms with Crippen molar-refractivity contribution in [3.63, 3.8) is 0 Å². The van der Waals surface area contributed by atoms with E-state index in [9.17, 15) is 4.79 Å². The number of nitrogens with one attached hydrogen (secondary N) is 1. The number of ether oxygens (including phenoxy) is 1. The number of carbonyl (C=O) groups is 1. The Labute approximate surface area is 187 Å². The van der Waals surface area contributed by atoms with Gasteiger partial charge >= 0.3 is 0 Å². The molecular weight excluding hydrogens is 402 g/mol. The van der Waals surface area contributed by atoms with Gasteiger partial charge in [-0.15, -0.1) is 0 Å². The molecule has 3 aromatic carbocycles. The van der Waals surface area contributed by atoms with Crippen LogP contribution in [0.15, 0.2) is 89.5 Å². The summed E-state index contributed by atoms with van der Waals surface area (Å²) in [6.45, 7) is 3.81. The van der Waals surface area contributed by atoms with Gasteiger partial charge in [-0.25, -0.2) is 0 Å². The average Bonchev–Trinajstić information content (AvgIpc) is 3.28. The van der Waals surface area contributed by atoms with Crippen LogP contribution in [0.1, 0.15) is 19.7 Å². The highest BCUT2D eigenvalue weighted by Crippen LogP contribution is 2.23. The van der Waals surface area contributed by atoms with Crippen molar-refractivity contribution in [1.82, 2.24) is 15.5 Å². The number of aromatic nitrogens is 2. The lowest BCUT2D eigenvalue weighted by molar-refractivity contribution is -0.128. The minimum absolute atomic E-state index is 0.0170. The molecule has 0 saturated heterocycles. The summed E-state index contributed by atoms with van der Waals surface area (Å²) in [5.74, 6) is 1.19. The molecule has 0 aliphatic heterocycles. The first kappa shape index (κ1) is 21.3. The van der Waals surface area contributed by atoms with Gasteiger partial charge in [-0.05, 0) is 37.1 Å². The van der Waals surface area contributed by atoms with Crippen LogP contribution < -0.4 is 10.1 Å². The van der Waals surface area contributed by atoms with Gasteiger partial charge in [-0.1, -0.05) is 78.0 Å². The van der Waals surface area contributed by atoms with E-state index in [1.165, 1.54) is 0 Å². The second-order valence-corrected chi connectivity index (χ2v) is 7.74. The smallest absolute Gasteiger partial charge is 0.261 e. The Morgan fingerprint density at radius 3 is 2.09 bits per heavy atom. The van der Waals surface area contributed by atoms with Crippen molar-refractivity contribution in [2.75, 3.05) is 0 Å². The van der Waals surface area contributed by atoms with E-state index < -0.39 is 6.10 Å². The summed E-state index contributed by atoms with van der Waals surface area (Å²) in [6, 6.07) is 27.3. The molecule has 1 N–H and O–H groups in total. The monoisotopic (exact) mass is 427 g/mol. The van der Waals surface area contributed by atoms with E-state index in [0.717, 1.165) is 16.7 Å². The highest BCUT2D eigenvalue weighted by Gasteiger charge is 2.25. The molecule has 0 bridgehead atoms. The highest BCUT2D eigenvalue weighted by atomic mass is 16.5. The van der Waals surface area contributed by atoms with Gasteiger partial charge in [0.25, 0.3) is 5.91 Å². The normalized spacial score (nSPS) is 11.8. The zero-order valence-corrected chi connectivity index (χ0v) is 18.1.